The van der Waals surface area contributed by atoms with Gasteiger partial charge in [0.15, 0.2) is 5.78 Å². The summed E-state index contributed by atoms with van der Waals surface area (Å²) in [6.07, 6.45) is 0.796. The van der Waals surface area contributed by atoms with Crippen molar-refractivity contribution in [3.8, 4) is 0 Å². The maximum absolute atomic E-state index is 13.3. The van der Waals surface area contributed by atoms with Gasteiger partial charge in [-0.25, -0.2) is 4.39 Å². The van der Waals surface area contributed by atoms with Gasteiger partial charge in [0.1, 0.15) is 5.82 Å². The molecule has 0 aliphatic carbocycles. The monoisotopic (exact) mass is 289 g/mol. The maximum Gasteiger partial charge on any atom is 0.194 e. The van der Waals surface area contributed by atoms with Gasteiger partial charge >= 0.3 is 0 Å². The molecule has 0 saturated heterocycles. The first kappa shape index (κ1) is 13.3. The molecule has 0 radical (unpaired) electrons. The van der Waals surface area contributed by atoms with Gasteiger partial charge < -0.3 is 5.32 Å². The van der Waals surface area contributed by atoms with Crippen LogP contribution in [0.2, 0.25) is 5.02 Å². The van der Waals surface area contributed by atoms with Crippen molar-refractivity contribution in [2.45, 2.75) is 13.0 Å². The number of hydrogen-bond donors (Lipinski definition) is 1. The normalized spacial score (nSPS) is 13.9. The van der Waals surface area contributed by atoms with Crippen LogP contribution < -0.4 is 5.32 Å². The highest BCUT2D eigenvalue weighted by molar-refractivity contribution is 6.35. The van der Waals surface area contributed by atoms with E-state index in [0.717, 1.165) is 30.6 Å². The van der Waals surface area contributed by atoms with Crippen LogP contribution in [0, 0.1) is 5.82 Å². The number of carbonyl (C=O) groups excluding carboxylic acids is 1. The molecule has 102 valence electrons. The largest absolute Gasteiger partial charge is 0.312 e. The predicted molar refractivity (Wildman–Crippen MR) is 76.7 cm³/mol. The number of hydrogen-bond acceptors (Lipinski definition) is 2. The molecule has 0 aromatic heterocycles. The van der Waals surface area contributed by atoms with Crippen LogP contribution in [-0.4, -0.2) is 12.3 Å². The summed E-state index contributed by atoms with van der Waals surface area (Å²) in [7, 11) is 0. The van der Waals surface area contributed by atoms with Crippen molar-refractivity contribution in [3.05, 3.63) is 69.5 Å². The van der Waals surface area contributed by atoms with E-state index in [2.05, 4.69) is 5.32 Å². The fraction of sp³-hybridized carbons (Fsp3) is 0.188. The molecule has 0 bridgehead atoms. The van der Waals surface area contributed by atoms with Gasteiger partial charge in [-0.3, -0.25) is 4.79 Å². The van der Waals surface area contributed by atoms with Crippen LogP contribution in [-0.2, 0) is 13.0 Å². The predicted octanol–water partition coefficient (Wildman–Crippen LogP) is 3.36. The SMILES string of the molecule is O=C(c1cc(F)ccc1Cl)c1cccc2c1CCNC2. The van der Waals surface area contributed by atoms with Crippen LogP contribution in [0.15, 0.2) is 36.4 Å². The molecule has 3 rings (SSSR count). The van der Waals surface area contributed by atoms with Crippen molar-refractivity contribution in [1.29, 1.82) is 0 Å². The lowest BCUT2D eigenvalue weighted by atomic mass is 9.91. The highest BCUT2D eigenvalue weighted by atomic mass is 35.5. The molecule has 20 heavy (non-hydrogen) atoms. The molecule has 0 unspecified atom stereocenters. The van der Waals surface area contributed by atoms with E-state index in [1.165, 1.54) is 18.2 Å². The van der Waals surface area contributed by atoms with E-state index < -0.39 is 5.82 Å². The molecule has 0 amide bonds. The van der Waals surface area contributed by atoms with Crippen LogP contribution >= 0.6 is 11.6 Å². The molecule has 2 aromatic carbocycles. The maximum atomic E-state index is 13.3. The first-order valence-electron chi connectivity index (χ1n) is 6.48. The second kappa shape index (κ2) is 5.35. The van der Waals surface area contributed by atoms with E-state index >= 15 is 0 Å². The Bertz CT molecular complexity index is 684. The van der Waals surface area contributed by atoms with Gasteiger partial charge in [-0.15, -0.1) is 0 Å². The average molecular weight is 290 g/mol. The minimum atomic E-state index is -0.454. The van der Waals surface area contributed by atoms with E-state index in [1.54, 1.807) is 6.07 Å². The lowest BCUT2D eigenvalue weighted by molar-refractivity contribution is 0.103. The Hall–Kier alpha value is -1.71. The molecule has 0 atom stereocenters. The number of nitrogens with one attached hydrogen (secondary N) is 1. The first-order valence-corrected chi connectivity index (χ1v) is 6.86. The molecular weight excluding hydrogens is 277 g/mol. The number of benzene rings is 2. The van der Waals surface area contributed by atoms with Gasteiger partial charge in [0, 0.05) is 17.7 Å². The van der Waals surface area contributed by atoms with Crippen LogP contribution in [0.25, 0.3) is 0 Å². The van der Waals surface area contributed by atoms with Gasteiger partial charge in [-0.1, -0.05) is 29.8 Å². The van der Waals surface area contributed by atoms with Crippen LogP contribution in [0.5, 0.6) is 0 Å². The summed E-state index contributed by atoms with van der Waals surface area (Å²) < 4.78 is 13.3. The summed E-state index contributed by atoms with van der Waals surface area (Å²) in [6.45, 7) is 1.60. The number of carbonyl (C=O) groups is 1. The molecule has 2 aromatic rings. The number of ketones is 1. The minimum absolute atomic E-state index is 0.215. The summed E-state index contributed by atoms with van der Waals surface area (Å²) in [5, 5.41) is 3.55. The summed E-state index contributed by atoms with van der Waals surface area (Å²) >= 11 is 6.02. The minimum Gasteiger partial charge on any atom is -0.312 e. The van der Waals surface area contributed by atoms with Gasteiger partial charge in [-0.2, -0.15) is 0 Å². The Morgan fingerprint density at radius 2 is 2.05 bits per heavy atom. The molecule has 0 spiro atoms. The Balaban J connectivity index is 2.09. The Labute approximate surface area is 121 Å². The zero-order chi connectivity index (χ0) is 14.1. The van der Waals surface area contributed by atoms with E-state index in [4.69, 9.17) is 11.6 Å². The second-order valence-corrected chi connectivity index (χ2v) is 5.23. The van der Waals surface area contributed by atoms with Crippen LogP contribution in [0.3, 0.4) is 0 Å². The summed E-state index contributed by atoms with van der Waals surface area (Å²) in [6, 6.07) is 9.52. The Kier molecular flexibility index (Phi) is 3.55. The molecule has 2 nitrogen and oxygen atoms in total. The summed E-state index contributed by atoms with van der Waals surface area (Å²) in [4.78, 5) is 12.6. The molecule has 0 saturated carbocycles. The fourth-order valence-electron chi connectivity index (χ4n) is 2.56. The zero-order valence-corrected chi connectivity index (χ0v) is 11.5. The highest BCUT2D eigenvalue weighted by Crippen LogP contribution is 2.25. The number of fused-ring (bicyclic) bond motifs is 1. The van der Waals surface area contributed by atoms with Crippen LogP contribution in [0.1, 0.15) is 27.0 Å². The molecule has 1 aliphatic heterocycles. The van der Waals surface area contributed by atoms with Crippen molar-refractivity contribution in [3.63, 3.8) is 0 Å². The van der Waals surface area contributed by atoms with Crippen molar-refractivity contribution in [2.75, 3.05) is 6.54 Å². The van der Waals surface area contributed by atoms with E-state index in [-0.39, 0.29) is 16.4 Å². The second-order valence-electron chi connectivity index (χ2n) is 4.82. The third-order valence-electron chi connectivity index (χ3n) is 3.56. The quantitative estimate of drug-likeness (QED) is 0.859. The lowest BCUT2D eigenvalue weighted by Crippen LogP contribution is -2.25. The van der Waals surface area contributed by atoms with E-state index in [9.17, 15) is 9.18 Å². The molecule has 1 heterocycles. The first-order chi connectivity index (χ1) is 9.66. The third-order valence-corrected chi connectivity index (χ3v) is 3.89. The smallest absolute Gasteiger partial charge is 0.194 e. The van der Waals surface area contributed by atoms with Crippen molar-refractivity contribution in [2.24, 2.45) is 0 Å². The van der Waals surface area contributed by atoms with Gasteiger partial charge in [0.2, 0.25) is 0 Å². The third kappa shape index (κ3) is 2.35. The average Bonchev–Trinajstić information content (AvgIpc) is 2.48. The standard InChI is InChI=1S/C16H13ClFNO/c17-15-5-4-11(18)8-14(15)16(20)13-3-1-2-10-9-19-7-6-12(10)13/h1-5,8,19H,6-7,9H2. The molecular formula is C16H13ClFNO. The van der Waals surface area contributed by atoms with E-state index in [0.29, 0.717) is 5.56 Å². The number of halogens is 2. The topological polar surface area (TPSA) is 29.1 Å². The highest BCUT2D eigenvalue weighted by Gasteiger charge is 2.20. The summed E-state index contributed by atoms with van der Waals surface area (Å²) in [5.74, 6) is -0.669. The molecule has 1 N–H and O–H groups in total. The van der Waals surface area contributed by atoms with Crippen molar-refractivity contribution >= 4 is 17.4 Å². The summed E-state index contributed by atoms with van der Waals surface area (Å²) in [5.41, 5.74) is 3.00. The fourth-order valence-corrected chi connectivity index (χ4v) is 2.76. The molecule has 1 aliphatic rings. The van der Waals surface area contributed by atoms with Gasteiger partial charge in [0.25, 0.3) is 0 Å². The van der Waals surface area contributed by atoms with Gasteiger partial charge in [-0.05, 0) is 42.3 Å². The van der Waals surface area contributed by atoms with Crippen molar-refractivity contribution in [1.82, 2.24) is 5.32 Å². The van der Waals surface area contributed by atoms with Crippen molar-refractivity contribution < 1.29 is 9.18 Å². The lowest BCUT2D eigenvalue weighted by Gasteiger charge is -2.20. The number of rotatable bonds is 2. The Morgan fingerprint density at radius 1 is 1.20 bits per heavy atom. The van der Waals surface area contributed by atoms with Crippen LogP contribution in [0.4, 0.5) is 4.39 Å². The van der Waals surface area contributed by atoms with E-state index in [1.807, 2.05) is 12.1 Å². The van der Waals surface area contributed by atoms with Gasteiger partial charge in [0.05, 0.1) is 5.02 Å². The zero-order valence-electron chi connectivity index (χ0n) is 10.7. The molecule has 0 fully saturated rings. The molecule has 4 heteroatoms. The Morgan fingerprint density at radius 3 is 2.90 bits per heavy atom.